The third-order valence-corrected chi connectivity index (χ3v) is 4.31. The fourth-order valence-corrected chi connectivity index (χ4v) is 2.61. The normalized spacial score (nSPS) is 18.1. The van der Waals surface area contributed by atoms with Gasteiger partial charge in [0.05, 0.1) is 12.1 Å². The highest BCUT2D eigenvalue weighted by Gasteiger charge is 2.36. The molecule has 156 valence electrons. The summed E-state index contributed by atoms with van der Waals surface area (Å²) >= 11 is 0. The third kappa shape index (κ3) is 5.61. The van der Waals surface area contributed by atoms with Crippen LogP contribution in [0.25, 0.3) is 0 Å². The quantitative estimate of drug-likeness (QED) is 0.286. The molecule has 0 aliphatic carbocycles. The number of urea groups is 1. The second-order valence-electron chi connectivity index (χ2n) is 6.40. The molecule has 2 amide bonds. The molecule has 0 bridgehead atoms. The van der Waals surface area contributed by atoms with Crippen LogP contribution in [0.15, 0.2) is 4.52 Å². The lowest BCUT2D eigenvalue weighted by Gasteiger charge is -2.29. The van der Waals surface area contributed by atoms with Gasteiger partial charge in [-0.05, 0) is 19.3 Å². The van der Waals surface area contributed by atoms with Crippen molar-refractivity contribution < 1.29 is 39.0 Å². The van der Waals surface area contributed by atoms with Crippen LogP contribution in [0.3, 0.4) is 0 Å². The number of aliphatic hydroxyl groups excluding tert-OH is 1. The standard InChI is InChI=1S/C15H23N5O8/c16-15(3-5-27-6-4-15)13-19-11(28-20-13)8(1-2-10(22)23)17-14(26)18-9(7-21)12(24)25/h8-9,21H,1-7,16H2,(H,22,23)(H,24,25)(H2,17,18,26). The van der Waals surface area contributed by atoms with E-state index in [0.29, 0.717) is 26.1 Å². The van der Waals surface area contributed by atoms with Crippen molar-refractivity contribution >= 4 is 18.0 Å². The summed E-state index contributed by atoms with van der Waals surface area (Å²) in [6.07, 6.45) is 0.543. The zero-order valence-corrected chi connectivity index (χ0v) is 15.0. The summed E-state index contributed by atoms with van der Waals surface area (Å²) in [6.45, 7) is 0.0490. The van der Waals surface area contributed by atoms with Crippen LogP contribution in [0.5, 0.6) is 0 Å². The number of ether oxygens (including phenoxy) is 1. The molecule has 1 aliphatic rings. The molecule has 2 heterocycles. The van der Waals surface area contributed by atoms with Gasteiger partial charge in [-0.25, -0.2) is 9.59 Å². The summed E-state index contributed by atoms with van der Waals surface area (Å²) in [5, 5.41) is 35.1. The summed E-state index contributed by atoms with van der Waals surface area (Å²) in [4.78, 5) is 38.1. The first-order chi connectivity index (χ1) is 13.2. The molecule has 0 spiro atoms. The van der Waals surface area contributed by atoms with Gasteiger partial charge < -0.3 is 40.9 Å². The fourth-order valence-electron chi connectivity index (χ4n) is 2.61. The van der Waals surface area contributed by atoms with Gasteiger partial charge >= 0.3 is 18.0 Å². The molecule has 1 aromatic heterocycles. The van der Waals surface area contributed by atoms with Crippen LogP contribution >= 0.6 is 0 Å². The zero-order chi connectivity index (χ0) is 20.7. The first kappa shape index (κ1) is 21.5. The number of aliphatic carboxylic acids is 2. The predicted molar refractivity (Wildman–Crippen MR) is 90.0 cm³/mol. The summed E-state index contributed by atoms with van der Waals surface area (Å²) < 4.78 is 10.4. The second-order valence-corrected chi connectivity index (χ2v) is 6.40. The highest BCUT2D eigenvalue weighted by atomic mass is 16.5. The predicted octanol–water partition coefficient (Wildman–Crippen LogP) is -1.32. The number of aliphatic hydroxyl groups is 1. The van der Waals surface area contributed by atoms with Gasteiger partial charge in [0, 0.05) is 19.6 Å². The number of carbonyl (C=O) groups excluding carboxylic acids is 1. The van der Waals surface area contributed by atoms with Crippen LogP contribution in [0.2, 0.25) is 0 Å². The molecular weight excluding hydrogens is 378 g/mol. The van der Waals surface area contributed by atoms with Gasteiger partial charge in [-0.3, -0.25) is 4.79 Å². The van der Waals surface area contributed by atoms with Gasteiger partial charge in [0.25, 0.3) is 0 Å². The Hall–Kier alpha value is -2.77. The van der Waals surface area contributed by atoms with E-state index in [0.717, 1.165) is 0 Å². The van der Waals surface area contributed by atoms with Crippen molar-refractivity contribution in [2.75, 3.05) is 19.8 Å². The SMILES string of the molecule is NC1(c2noc(C(CCC(=O)O)NC(=O)NC(CO)C(=O)O)n2)CCOCC1. The number of hydrogen-bond donors (Lipinski definition) is 6. The minimum absolute atomic E-state index is 0.0569. The molecule has 0 aromatic carbocycles. The molecule has 1 saturated heterocycles. The van der Waals surface area contributed by atoms with Gasteiger partial charge in [-0.1, -0.05) is 5.16 Å². The maximum Gasteiger partial charge on any atom is 0.328 e. The van der Waals surface area contributed by atoms with E-state index >= 15 is 0 Å². The Balaban J connectivity index is 2.13. The topological polar surface area (TPSA) is 210 Å². The van der Waals surface area contributed by atoms with E-state index in [1.54, 1.807) is 0 Å². The third-order valence-electron chi connectivity index (χ3n) is 4.31. The summed E-state index contributed by atoms with van der Waals surface area (Å²) in [7, 11) is 0. The zero-order valence-electron chi connectivity index (χ0n) is 15.0. The maximum atomic E-state index is 12.0. The number of carboxylic acid groups (broad SMARTS) is 2. The molecule has 13 heteroatoms. The minimum Gasteiger partial charge on any atom is -0.481 e. The Kier molecular flexibility index (Phi) is 7.25. The van der Waals surface area contributed by atoms with Gasteiger partial charge in [0.15, 0.2) is 11.9 Å². The van der Waals surface area contributed by atoms with Crippen molar-refractivity contribution in [3.8, 4) is 0 Å². The Morgan fingerprint density at radius 3 is 2.46 bits per heavy atom. The number of nitrogens with zero attached hydrogens (tertiary/aromatic N) is 2. The number of hydrogen-bond acceptors (Lipinski definition) is 9. The molecule has 13 nitrogen and oxygen atoms in total. The Bertz CT molecular complexity index is 702. The summed E-state index contributed by atoms with van der Waals surface area (Å²) in [5.41, 5.74) is 5.43. The van der Waals surface area contributed by atoms with Gasteiger partial charge in [0.2, 0.25) is 5.89 Å². The fraction of sp³-hybridized carbons (Fsp3) is 0.667. The van der Waals surface area contributed by atoms with E-state index < -0.39 is 42.2 Å². The van der Waals surface area contributed by atoms with Crippen LogP contribution in [0.4, 0.5) is 4.79 Å². The van der Waals surface area contributed by atoms with Crippen molar-refractivity contribution in [2.24, 2.45) is 5.73 Å². The minimum atomic E-state index is -1.52. The largest absolute Gasteiger partial charge is 0.481 e. The summed E-state index contributed by atoms with van der Waals surface area (Å²) in [5.74, 6) is -2.37. The molecule has 28 heavy (non-hydrogen) atoms. The number of carboxylic acids is 2. The van der Waals surface area contributed by atoms with Crippen LogP contribution in [-0.4, -0.2) is 69.3 Å². The van der Waals surface area contributed by atoms with Crippen molar-refractivity contribution in [2.45, 2.75) is 43.3 Å². The summed E-state index contributed by atoms with van der Waals surface area (Å²) in [6, 6.07) is -3.45. The molecule has 2 rings (SSSR count). The average Bonchev–Trinajstić information content (AvgIpc) is 3.14. The van der Waals surface area contributed by atoms with E-state index in [4.69, 9.17) is 30.3 Å². The smallest absolute Gasteiger partial charge is 0.328 e. The molecule has 2 atom stereocenters. The molecule has 7 N–H and O–H groups in total. The molecule has 0 saturated carbocycles. The molecule has 0 radical (unpaired) electrons. The Morgan fingerprint density at radius 2 is 1.89 bits per heavy atom. The molecule has 1 aromatic rings. The molecular formula is C15H23N5O8. The van der Waals surface area contributed by atoms with Crippen molar-refractivity contribution in [1.82, 2.24) is 20.8 Å². The highest BCUT2D eigenvalue weighted by Crippen LogP contribution is 2.28. The van der Waals surface area contributed by atoms with E-state index in [1.807, 2.05) is 0 Å². The first-order valence-corrected chi connectivity index (χ1v) is 8.58. The van der Waals surface area contributed by atoms with Crippen LogP contribution < -0.4 is 16.4 Å². The Labute approximate surface area is 159 Å². The Morgan fingerprint density at radius 1 is 1.21 bits per heavy atom. The number of amides is 2. The average molecular weight is 401 g/mol. The number of rotatable bonds is 9. The second kappa shape index (κ2) is 9.43. The monoisotopic (exact) mass is 401 g/mol. The number of aromatic nitrogens is 2. The van der Waals surface area contributed by atoms with E-state index in [1.165, 1.54) is 0 Å². The molecule has 1 fully saturated rings. The molecule has 1 aliphatic heterocycles. The first-order valence-electron chi connectivity index (χ1n) is 8.58. The van der Waals surface area contributed by atoms with Gasteiger partial charge in [0.1, 0.15) is 6.04 Å². The van der Waals surface area contributed by atoms with Gasteiger partial charge in [-0.15, -0.1) is 0 Å². The number of nitrogens with two attached hydrogens (primary N) is 1. The number of nitrogens with one attached hydrogen (secondary N) is 2. The lowest BCUT2D eigenvalue weighted by molar-refractivity contribution is -0.140. The highest BCUT2D eigenvalue weighted by molar-refractivity contribution is 5.82. The van der Waals surface area contributed by atoms with Crippen molar-refractivity contribution in [3.05, 3.63) is 11.7 Å². The van der Waals surface area contributed by atoms with Gasteiger partial charge in [-0.2, -0.15) is 4.98 Å². The van der Waals surface area contributed by atoms with Crippen molar-refractivity contribution in [1.29, 1.82) is 0 Å². The lowest BCUT2D eigenvalue weighted by atomic mass is 9.91. The van der Waals surface area contributed by atoms with E-state index in [9.17, 15) is 14.4 Å². The van der Waals surface area contributed by atoms with Crippen molar-refractivity contribution in [3.63, 3.8) is 0 Å². The lowest BCUT2D eigenvalue weighted by Crippen LogP contribution is -2.48. The number of carbonyl (C=O) groups is 3. The molecule has 2 unspecified atom stereocenters. The van der Waals surface area contributed by atoms with E-state index in [-0.39, 0.29) is 24.6 Å². The van der Waals surface area contributed by atoms with E-state index in [2.05, 4.69) is 20.8 Å². The maximum absolute atomic E-state index is 12.0. The van der Waals surface area contributed by atoms with Crippen LogP contribution in [0.1, 0.15) is 43.4 Å². The van der Waals surface area contributed by atoms with Crippen LogP contribution in [0, 0.1) is 0 Å². The van der Waals surface area contributed by atoms with Crippen LogP contribution in [-0.2, 0) is 19.9 Å².